The molecule has 1 aromatic carbocycles. The van der Waals surface area contributed by atoms with Gasteiger partial charge in [0.25, 0.3) is 5.91 Å². The van der Waals surface area contributed by atoms with E-state index in [1.54, 1.807) is 0 Å². The van der Waals surface area contributed by atoms with Crippen LogP contribution in [0.15, 0.2) is 24.3 Å². The molecule has 1 atom stereocenters. The molecule has 1 amide bonds. The standard InChI is InChI=1S/C16H25N3O.ClH/c1-3-19-10-4-5-15(19)12-18(2)16(20)14-8-6-13(11-17)7-9-14;/h6-9,15H,3-5,10-12,17H2,1-2H3;1H. The van der Waals surface area contributed by atoms with E-state index in [2.05, 4.69) is 11.8 Å². The van der Waals surface area contributed by atoms with Crippen molar-refractivity contribution in [2.75, 3.05) is 26.7 Å². The number of nitrogens with two attached hydrogens (primary N) is 1. The molecule has 2 rings (SSSR count). The summed E-state index contributed by atoms with van der Waals surface area (Å²) in [5.74, 6) is 0.0940. The van der Waals surface area contributed by atoms with Gasteiger partial charge in [-0.3, -0.25) is 9.69 Å². The van der Waals surface area contributed by atoms with Crippen LogP contribution in [0.1, 0.15) is 35.7 Å². The maximum atomic E-state index is 12.4. The van der Waals surface area contributed by atoms with E-state index in [1.165, 1.54) is 12.8 Å². The summed E-state index contributed by atoms with van der Waals surface area (Å²) in [6.07, 6.45) is 2.43. The molecule has 0 spiro atoms. The van der Waals surface area contributed by atoms with Gasteiger partial charge in [0.2, 0.25) is 0 Å². The van der Waals surface area contributed by atoms with Crippen LogP contribution in [0, 0.1) is 0 Å². The van der Waals surface area contributed by atoms with Crippen molar-refractivity contribution in [2.45, 2.75) is 32.4 Å². The van der Waals surface area contributed by atoms with Gasteiger partial charge in [0.1, 0.15) is 0 Å². The lowest BCUT2D eigenvalue weighted by molar-refractivity contribution is 0.0754. The van der Waals surface area contributed by atoms with Gasteiger partial charge in [0.15, 0.2) is 0 Å². The number of hydrogen-bond donors (Lipinski definition) is 1. The van der Waals surface area contributed by atoms with Crippen molar-refractivity contribution in [3.63, 3.8) is 0 Å². The summed E-state index contributed by atoms with van der Waals surface area (Å²) in [7, 11) is 1.89. The minimum Gasteiger partial charge on any atom is -0.340 e. The lowest BCUT2D eigenvalue weighted by atomic mass is 10.1. The van der Waals surface area contributed by atoms with Crippen molar-refractivity contribution >= 4 is 18.3 Å². The molecule has 118 valence electrons. The van der Waals surface area contributed by atoms with Crippen LogP contribution in [0.5, 0.6) is 0 Å². The molecule has 0 aliphatic carbocycles. The molecule has 0 aromatic heterocycles. The second-order valence-electron chi connectivity index (χ2n) is 5.51. The highest BCUT2D eigenvalue weighted by Crippen LogP contribution is 2.18. The third-order valence-electron chi connectivity index (χ3n) is 4.17. The molecule has 1 fully saturated rings. The zero-order valence-electron chi connectivity index (χ0n) is 12.9. The van der Waals surface area contributed by atoms with E-state index >= 15 is 0 Å². The zero-order valence-corrected chi connectivity index (χ0v) is 13.7. The van der Waals surface area contributed by atoms with Gasteiger partial charge in [0, 0.05) is 31.7 Å². The highest BCUT2D eigenvalue weighted by molar-refractivity contribution is 5.94. The Kier molecular flexibility index (Phi) is 7.15. The molecule has 1 aliphatic heterocycles. The minimum atomic E-state index is 0. The fourth-order valence-electron chi connectivity index (χ4n) is 2.92. The van der Waals surface area contributed by atoms with E-state index in [4.69, 9.17) is 5.73 Å². The third kappa shape index (κ3) is 4.43. The third-order valence-corrected chi connectivity index (χ3v) is 4.17. The average molecular weight is 312 g/mol. The summed E-state index contributed by atoms with van der Waals surface area (Å²) in [6, 6.07) is 8.10. The predicted molar refractivity (Wildman–Crippen MR) is 88.8 cm³/mol. The topological polar surface area (TPSA) is 49.6 Å². The van der Waals surface area contributed by atoms with Crippen LogP contribution in [0.2, 0.25) is 0 Å². The van der Waals surface area contributed by atoms with Gasteiger partial charge < -0.3 is 10.6 Å². The molecule has 0 bridgehead atoms. The first-order chi connectivity index (χ1) is 9.65. The van der Waals surface area contributed by atoms with Crippen LogP contribution in [-0.4, -0.2) is 48.4 Å². The summed E-state index contributed by atoms with van der Waals surface area (Å²) < 4.78 is 0. The normalized spacial score (nSPS) is 18.3. The Morgan fingerprint density at radius 1 is 1.38 bits per heavy atom. The summed E-state index contributed by atoms with van der Waals surface area (Å²) in [4.78, 5) is 16.7. The van der Waals surface area contributed by atoms with Gasteiger partial charge in [0.05, 0.1) is 0 Å². The Balaban J connectivity index is 0.00000220. The number of carbonyl (C=O) groups excluding carboxylic acids is 1. The Bertz CT molecular complexity index is 449. The molecule has 4 nitrogen and oxygen atoms in total. The van der Waals surface area contributed by atoms with E-state index in [1.807, 2.05) is 36.2 Å². The lowest BCUT2D eigenvalue weighted by Crippen LogP contribution is -2.41. The molecule has 2 N–H and O–H groups in total. The molecule has 0 saturated carbocycles. The van der Waals surface area contributed by atoms with Crippen LogP contribution in [0.3, 0.4) is 0 Å². The number of rotatable bonds is 5. The number of carbonyl (C=O) groups is 1. The summed E-state index contributed by atoms with van der Waals surface area (Å²) in [6.45, 7) is 5.74. The van der Waals surface area contributed by atoms with E-state index in [0.29, 0.717) is 12.6 Å². The quantitative estimate of drug-likeness (QED) is 0.906. The van der Waals surface area contributed by atoms with Crippen molar-refractivity contribution in [2.24, 2.45) is 5.73 Å². The Labute approximate surface area is 133 Å². The second kappa shape index (κ2) is 8.37. The molecule has 1 aromatic rings. The first-order valence-corrected chi connectivity index (χ1v) is 7.44. The van der Waals surface area contributed by atoms with Crippen molar-refractivity contribution < 1.29 is 4.79 Å². The van der Waals surface area contributed by atoms with Crippen LogP contribution in [-0.2, 0) is 6.54 Å². The number of nitrogens with zero attached hydrogens (tertiary/aromatic N) is 2. The fourth-order valence-corrected chi connectivity index (χ4v) is 2.92. The molecule has 21 heavy (non-hydrogen) atoms. The number of benzene rings is 1. The monoisotopic (exact) mass is 311 g/mol. The van der Waals surface area contributed by atoms with Gasteiger partial charge in [-0.05, 0) is 43.6 Å². The van der Waals surface area contributed by atoms with E-state index in [0.717, 1.165) is 30.8 Å². The number of halogens is 1. The first kappa shape index (κ1) is 18.0. The number of likely N-dealkylation sites (tertiary alicyclic amines) is 1. The van der Waals surface area contributed by atoms with Crippen LogP contribution >= 0.6 is 12.4 Å². The molecule has 1 saturated heterocycles. The molecular formula is C16H26ClN3O. The predicted octanol–water partition coefficient (Wildman–Crippen LogP) is 2.12. The van der Waals surface area contributed by atoms with Crippen molar-refractivity contribution in [1.29, 1.82) is 0 Å². The maximum absolute atomic E-state index is 12.4. The number of amides is 1. The zero-order chi connectivity index (χ0) is 14.5. The highest BCUT2D eigenvalue weighted by atomic mass is 35.5. The fraction of sp³-hybridized carbons (Fsp3) is 0.562. The number of likely N-dealkylation sites (N-methyl/N-ethyl adjacent to an activating group) is 2. The average Bonchev–Trinajstić information content (AvgIpc) is 2.93. The van der Waals surface area contributed by atoms with Crippen molar-refractivity contribution in [3.05, 3.63) is 35.4 Å². The van der Waals surface area contributed by atoms with Gasteiger partial charge in [-0.25, -0.2) is 0 Å². The van der Waals surface area contributed by atoms with Crippen LogP contribution in [0.4, 0.5) is 0 Å². The lowest BCUT2D eigenvalue weighted by Gasteiger charge is -2.27. The summed E-state index contributed by atoms with van der Waals surface area (Å²) in [5.41, 5.74) is 7.37. The van der Waals surface area contributed by atoms with Gasteiger partial charge in [-0.2, -0.15) is 0 Å². The Hall–Kier alpha value is -1.10. The molecule has 0 radical (unpaired) electrons. The Morgan fingerprint density at radius 2 is 2.05 bits per heavy atom. The first-order valence-electron chi connectivity index (χ1n) is 7.44. The smallest absolute Gasteiger partial charge is 0.253 e. The molecule has 5 heteroatoms. The molecule has 1 heterocycles. The largest absolute Gasteiger partial charge is 0.340 e. The Morgan fingerprint density at radius 3 is 2.62 bits per heavy atom. The van der Waals surface area contributed by atoms with Gasteiger partial charge in [-0.15, -0.1) is 12.4 Å². The number of hydrogen-bond acceptors (Lipinski definition) is 3. The summed E-state index contributed by atoms with van der Waals surface area (Å²) >= 11 is 0. The molecule has 1 aliphatic rings. The van der Waals surface area contributed by atoms with E-state index < -0.39 is 0 Å². The van der Waals surface area contributed by atoms with Crippen molar-refractivity contribution in [3.8, 4) is 0 Å². The molecular weight excluding hydrogens is 286 g/mol. The SMILES string of the molecule is CCN1CCCC1CN(C)C(=O)c1ccc(CN)cc1.Cl. The maximum Gasteiger partial charge on any atom is 0.253 e. The second-order valence-corrected chi connectivity index (χ2v) is 5.51. The van der Waals surface area contributed by atoms with E-state index in [-0.39, 0.29) is 18.3 Å². The minimum absolute atomic E-state index is 0. The van der Waals surface area contributed by atoms with Crippen LogP contribution < -0.4 is 5.73 Å². The van der Waals surface area contributed by atoms with Gasteiger partial charge >= 0.3 is 0 Å². The molecule has 1 unspecified atom stereocenters. The highest BCUT2D eigenvalue weighted by Gasteiger charge is 2.25. The van der Waals surface area contributed by atoms with Crippen LogP contribution in [0.25, 0.3) is 0 Å². The van der Waals surface area contributed by atoms with Gasteiger partial charge in [-0.1, -0.05) is 19.1 Å². The summed E-state index contributed by atoms with van der Waals surface area (Å²) in [5, 5.41) is 0. The van der Waals surface area contributed by atoms with Crippen molar-refractivity contribution in [1.82, 2.24) is 9.80 Å². The van der Waals surface area contributed by atoms with E-state index in [9.17, 15) is 4.79 Å².